The molecule has 2 heterocycles. The number of nitrogens with two attached hydrogens (primary N) is 2. The van der Waals surface area contributed by atoms with Crippen LogP contribution < -0.4 is 11.5 Å². The van der Waals surface area contributed by atoms with Crippen LogP contribution in [0.25, 0.3) is 17.1 Å². The molecule has 3 rings (SSSR count). The van der Waals surface area contributed by atoms with Crippen molar-refractivity contribution in [2.24, 2.45) is 5.73 Å². The molecule has 6 nitrogen and oxygen atoms in total. The molecule has 2 aromatic heterocycles. The number of nitrogen functional groups attached to an aromatic ring is 1. The standard InChI is InChI=1S/C15H11Cl2N5O/c16-8-1-2-9(11(17)7-8)13-10(14(18)23)4-6-22(13)12-3-5-20-15(19)21-12/h1-7H,(H2,18,23)(H2,19,20,21). The van der Waals surface area contributed by atoms with Crippen molar-refractivity contribution >= 4 is 35.1 Å². The topological polar surface area (TPSA) is 99.8 Å². The molecule has 23 heavy (non-hydrogen) atoms. The number of nitrogens with zero attached hydrogens (tertiary/aromatic N) is 3. The Morgan fingerprint density at radius 2 is 1.96 bits per heavy atom. The molecule has 4 N–H and O–H groups in total. The van der Waals surface area contributed by atoms with Crippen LogP contribution in [0.1, 0.15) is 10.4 Å². The van der Waals surface area contributed by atoms with Gasteiger partial charge < -0.3 is 16.0 Å². The molecule has 0 aliphatic heterocycles. The van der Waals surface area contributed by atoms with Crippen molar-refractivity contribution in [3.05, 3.63) is 58.3 Å². The number of aromatic nitrogens is 3. The number of halogens is 2. The zero-order chi connectivity index (χ0) is 16.6. The minimum absolute atomic E-state index is 0.116. The molecule has 8 heteroatoms. The fraction of sp³-hybridized carbons (Fsp3) is 0. The molecule has 3 aromatic rings. The number of carbonyl (C=O) groups excluding carboxylic acids is 1. The number of rotatable bonds is 3. The lowest BCUT2D eigenvalue weighted by atomic mass is 10.1. The van der Waals surface area contributed by atoms with E-state index in [9.17, 15) is 4.79 Å². The third-order valence-electron chi connectivity index (χ3n) is 3.24. The van der Waals surface area contributed by atoms with E-state index in [0.717, 1.165) is 0 Å². The molecule has 116 valence electrons. The van der Waals surface area contributed by atoms with Gasteiger partial charge in [-0.05, 0) is 30.3 Å². The first-order chi connectivity index (χ1) is 11.0. The highest BCUT2D eigenvalue weighted by Crippen LogP contribution is 2.34. The first-order valence-corrected chi connectivity index (χ1v) is 7.28. The molecule has 0 aliphatic rings. The summed E-state index contributed by atoms with van der Waals surface area (Å²) in [5.74, 6) is 0.0304. The lowest BCUT2D eigenvalue weighted by Gasteiger charge is -2.12. The summed E-state index contributed by atoms with van der Waals surface area (Å²) in [7, 11) is 0. The van der Waals surface area contributed by atoms with Gasteiger partial charge in [0.05, 0.1) is 16.3 Å². The minimum atomic E-state index is -0.577. The summed E-state index contributed by atoms with van der Waals surface area (Å²) in [4.78, 5) is 19.8. The second-order valence-electron chi connectivity index (χ2n) is 4.71. The number of anilines is 1. The van der Waals surface area contributed by atoms with E-state index in [4.69, 9.17) is 34.7 Å². The van der Waals surface area contributed by atoms with Crippen molar-refractivity contribution in [1.29, 1.82) is 0 Å². The first kappa shape index (κ1) is 15.3. The quantitative estimate of drug-likeness (QED) is 0.760. The van der Waals surface area contributed by atoms with Crippen molar-refractivity contribution in [3.63, 3.8) is 0 Å². The molecule has 1 amide bonds. The largest absolute Gasteiger partial charge is 0.368 e. The van der Waals surface area contributed by atoms with E-state index in [1.807, 2.05) is 0 Å². The van der Waals surface area contributed by atoms with Gasteiger partial charge in [-0.2, -0.15) is 4.98 Å². The Hall–Kier alpha value is -2.57. The van der Waals surface area contributed by atoms with E-state index in [2.05, 4.69) is 9.97 Å². The number of hydrogen-bond acceptors (Lipinski definition) is 4. The van der Waals surface area contributed by atoms with Gasteiger partial charge in [0.15, 0.2) is 0 Å². The zero-order valence-corrected chi connectivity index (χ0v) is 13.2. The van der Waals surface area contributed by atoms with Crippen LogP contribution in [0.4, 0.5) is 5.95 Å². The van der Waals surface area contributed by atoms with Crippen LogP contribution in [-0.2, 0) is 0 Å². The maximum Gasteiger partial charge on any atom is 0.250 e. The summed E-state index contributed by atoms with van der Waals surface area (Å²) in [5.41, 5.74) is 12.5. The van der Waals surface area contributed by atoms with Crippen LogP contribution in [0.3, 0.4) is 0 Å². The van der Waals surface area contributed by atoms with Crippen molar-refractivity contribution in [2.45, 2.75) is 0 Å². The van der Waals surface area contributed by atoms with Gasteiger partial charge in [0.2, 0.25) is 5.95 Å². The Bertz CT molecular complexity index is 907. The fourth-order valence-corrected chi connectivity index (χ4v) is 2.77. The highest BCUT2D eigenvalue weighted by atomic mass is 35.5. The number of carbonyl (C=O) groups is 1. The van der Waals surface area contributed by atoms with Crippen LogP contribution in [0.2, 0.25) is 10.0 Å². The molecule has 0 bridgehead atoms. The monoisotopic (exact) mass is 347 g/mol. The average molecular weight is 348 g/mol. The number of hydrogen-bond donors (Lipinski definition) is 2. The Labute approximate surface area is 141 Å². The maximum atomic E-state index is 11.8. The predicted molar refractivity (Wildman–Crippen MR) is 89.7 cm³/mol. The molecule has 1 aromatic carbocycles. The summed E-state index contributed by atoms with van der Waals surface area (Å²) in [6, 6.07) is 8.25. The summed E-state index contributed by atoms with van der Waals surface area (Å²) in [6.45, 7) is 0. The van der Waals surface area contributed by atoms with Gasteiger partial charge in [0, 0.05) is 23.0 Å². The van der Waals surface area contributed by atoms with Gasteiger partial charge >= 0.3 is 0 Å². The molecule has 0 aliphatic carbocycles. The van der Waals surface area contributed by atoms with Crippen LogP contribution in [0.15, 0.2) is 42.7 Å². The lowest BCUT2D eigenvalue weighted by Crippen LogP contribution is -2.12. The summed E-state index contributed by atoms with van der Waals surface area (Å²) < 4.78 is 1.67. The lowest BCUT2D eigenvalue weighted by molar-refractivity contribution is 0.100. The van der Waals surface area contributed by atoms with Gasteiger partial charge in [0.1, 0.15) is 5.82 Å². The van der Waals surface area contributed by atoms with E-state index < -0.39 is 5.91 Å². The van der Waals surface area contributed by atoms with Crippen LogP contribution >= 0.6 is 23.2 Å². The summed E-state index contributed by atoms with van der Waals surface area (Å²) >= 11 is 12.2. The Kier molecular flexibility index (Phi) is 3.94. The molecule has 0 radical (unpaired) electrons. The minimum Gasteiger partial charge on any atom is -0.368 e. The predicted octanol–water partition coefficient (Wildman–Crippen LogP) is 2.92. The van der Waals surface area contributed by atoms with Gasteiger partial charge in [-0.3, -0.25) is 4.79 Å². The Balaban J connectivity index is 2.29. The second kappa shape index (κ2) is 5.91. The third-order valence-corrected chi connectivity index (χ3v) is 3.79. The molecular formula is C15H11Cl2N5O. The second-order valence-corrected chi connectivity index (χ2v) is 5.55. The molecule has 0 spiro atoms. The van der Waals surface area contributed by atoms with E-state index >= 15 is 0 Å². The molecular weight excluding hydrogens is 337 g/mol. The first-order valence-electron chi connectivity index (χ1n) is 6.53. The van der Waals surface area contributed by atoms with Crippen molar-refractivity contribution < 1.29 is 4.79 Å². The molecule has 0 unspecified atom stereocenters. The van der Waals surface area contributed by atoms with Crippen LogP contribution in [-0.4, -0.2) is 20.4 Å². The Morgan fingerprint density at radius 1 is 1.17 bits per heavy atom. The number of amides is 1. The van der Waals surface area contributed by atoms with Crippen molar-refractivity contribution in [1.82, 2.24) is 14.5 Å². The average Bonchev–Trinajstić information content (AvgIpc) is 2.92. The normalized spacial score (nSPS) is 10.7. The molecule has 0 atom stereocenters. The smallest absolute Gasteiger partial charge is 0.250 e. The van der Waals surface area contributed by atoms with E-state index in [0.29, 0.717) is 32.7 Å². The SMILES string of the molecule is NC(=O)c1ccn(-c2ccnc(N)n2)c1-c1ccc(Cl)cc1Cl. The van der Waals surface area contributed by atoms with Gasteiger partial charge in [-0.1, -0.05) is 23.2 Å². The van der Waals surface area contributed by atoms with Gasteiger partial charge in [-0.15, -0.1) is 0 Å². The molecule has 0 saturated carbocycles. The van der Waals surface area contributed by atoms with E-state index in [-0.39, 0.29) is 5.95 Å². The fourth-order valence-electron chi connectivity index (χ4n) is 2.28. The van der Waals surface area contributed by atoms with E-state index in [1.54, 1.807) is 41.1 Å². The van der Waals surface area contributed by atoms with Crippen LogP contribution in [0.5, 0.6) is 0 Å². The third kappa shape index (κ3) is 2.86. The highest BCUT2D eigenvalue weighted by molar-refractivity contribution is 6.36. The summed E-state index contributed by atoms with van der Waals surface area (Å²) in [5, 5.41) is 0.880. The zero-order valence-electron chi connectivity index (χ0n) is 11.7. The van der Waals surface area contributed by atoms with Gasteiger partial charge in [0.25, 0.3) is 5.91 Å². The number of primary amides is 1. The van der Waals surface area contributed by atoms with Gasteiger partial charge in [-0.25, -0.2) is 4.98 Å². The maximum absolute atomic E-state index is 11.8. The highest BCUT2D eigenvalue weighted by Gasteiger charge is 2.19. The molecule has 0 fully saturated rings. The van der Waals surface area contributed by atoms with Crippen LogP contribution in [0, 0.1) is 0 Å². The summed E-state index contributed by atoms with van der Waals surface area (Å²) in [6.07, 6.45) is 3.19. The number of benzene rings is 1. The Morgan fingerprint density at radius 3 is 2.61 bits per heavy atom. The van der Waals surface area contributed by atoms with Crippen molar-refractivity contribution in [3.8, 4) is 17.1 Å². The van der Waals surface area contributed by atoms with Crippen molar-refractivity contribution in [2.75, 3.05) is 5.73 Å². The molecule has 0 saturated heterocycles. The van der Waals surface area contributed by atoms with E-state index in [1.165, 1.54) is 6.20 Å².